The van der Waals surface area contributed by atoms with E-state index in [0.29, 0.717) is 5.56 Å². The van der Waals surface area contributed by atoms with Gasteiger partial charge in [-0.3, -0.25) is 14.5 Å². The van der Waals surface area contributed by atoms with Crippen LogP contribution < -0.4 is 4.90 Å². The van der Waals surface area contributed by atoms with Crippen molar-refractivity contribution >= 4 is 17.6 Å². The van der Waals surface area contributed by atoms with E-state index < -0.39 is 5.97 Å². The number of esters is 1. The summed E-state index contributed by atoms with van der Waals surface area (Å²) in [5.74, 6) is -0.537. The van der Waals surface area contributed by atoms with Crippen LogP contribution in [0.4, 0.5) is 5.69 Å². The SMILES string of the molecule is CC(=O)OC1=C2CCCCC2N(c2ccc(C#N)cc2)C1=O. The minimum atomic E-state index is -0.471. The van der Waals surface area contributed by atoms with Gasteiger partial charge in [0.2, 0.25) is 0 Å². The number of ether oxygens (including phenoxy) is 1. The van der Waals surface area contributed by atoms with E-state index in [0.717, 1.165) is 36.9 Å². The first kappa shape index (κ1) is 14.3. The Morgan fingerprint density at radius 2 is 2.05 bits per heavy atom. The number of nitrogens with zero attached hydrogens (tertiary/aromatic N) is 2. The third kappa shape index (κ3) is 2.37. The standard InChI is InChI=1S/C17H16N2O3/c1-11(20)22-16-14-4-2-3-5-15(14)19(17(16)21)13-8-6-12(10-18)7-9-13/h6-9,15H,2-5H2,1H3. The summed E-state index contributed by atoms with van der Waals surface area (Å²) < 4.78 is 5.19. The molecular weight excluding hydrogens is 280 g/mol. The topological polar surface area (TPSA) is 70.4 Å². The number of carbonyl (C=O) groups excluding carboxylic acids is 2. The van der Waals surface area contributed by atoms with E-state index in [9.17, 15) is 9.59 Å². The van der Waals surface area contributed by atoms with Crippen LogP contribution in [-0.2, 0) is 14.3 Å². The van der Waals surface area contributed by atoms with E-state index in [-0.39, 0.29) is 17.7 Å². The van der Waals surface area contributed by atoms with E-state index in [1.165, 1.54) is 6.92 Å². The van der Waals surface area contributed by atoms with Crippen LogP contribution in [0.1, 0.15) is 38.2 Å². The van der Waals surface area contributed by atoms with Crippen molar-refractivity contribution in [2.24, 2.45) is 0 Å². The number of benzene rings is 1. The number of rotatable bonds is 2. The molecule has 3 rings (SSSR count). The second-order valence-electron chi connectivity index (χ2n) is 5.54. The van der Waals surface area contributed by atoms with Crippen LogP contribution in [0.3, 0.4) is 0 Å². The smallest absolute Gasteiger partial charge is 0.308 e. The fraction of sp³-hybridized carbons (Fsp3) is 0.353. The predicted molar refractivity (Wildman–Crippen MR) is 79.7 cm³/mol. The van der Waals surface area contributed by atoms with Crippen molar-refractivity contribution in [1.82, 2.24) is 0 Å². The molecule has 1 heterocycles. The normalized spacial score (nSPS) is 20.6. The summed E-state index contributed by atoms with van der Waals surface area (Å²) >= 11 is 0. The Morgan fingerprint density at radius 3 is 2.68 bits per heavy atom. The number of anilines is 1. The fourth-order valence-corrected chi connectivity index (χ4v) is 3.18. The molecule has 1 atom stereocenters. The van der Waals surface area contributed by atoms with Gasteiger partial charge in [0.1, 0.15) is 0 Å². The number of nitriles is 1. The summed E-state index contributed by atoms with van der Waals surface area (Å²) in [6, 6.07) is 8.93. The van der Waals surface area contributed by atoms with Crippen molar-refractivity contribution in [3.8, 4) is 6.07 Å². The van der Waals surface area contributed by atoms with Gasteiger partial charge in [0, 0.05) is 18.2 Å². The minimum absolute atomic E-state index is 0.0384. The molecule has 1 saturated carbocycles. The summed E-state index contributed by atoms with van der Waals surface area (Å²) in [4.78, 5) is 25.7. The lowest BCUT2D eigenvalue weighted by atomic mass is 9.90. The summed E-state index contributed by atoms with van der Waals surface area (Å²) in [5.41, 5.74) is 2.21. The van der Waals surface area contributed by atoms with E-state index in [4.69, 9.17) is 10.00 Å². The lowest BCUT2D eigenvalue weighted by Crippen LogP contribution is -2.37. The Kier molecular flexibility index (Phi) is 3.68. The predicted octanol–water partition coefficient (Wildman–Crippen LogP) is 2.66. The van der Waals surface area contributed by atoms with Gasteiger partial charge >= 0.3 is 5.97 Å². The number of amides is 1. The van der Waals surface area contributed by atoms with Crippen LogP contribution in [0.15, 0.2) is 35.6 Å². The maximum atomic E-state index is 12.7. The van der Waals surface area contributed by atoms with Gasteiger partial charge in [-0.05, 0) is 43.5 Å². The first-order valence-electron chi connectivity index (χ1n) is 7.37. The molecule has 0 spiro atoms. The molecule has 0 saturated heterocycles. The highest BCUT2D eigenvalue weighted by atomic mass is 16.5. The molecule has 0 radical (unpaired) electrons. The van der Waals surface area contributed by atoms with Gasteiger partial charge < -0.3 is 4.74 Å². The van der Waals surface area contributed by atoms with Crippen molar-refractivity contribution in [2.75, 3.05) is 4.90 Å². The Labute approximate surface area is 128 Å². The Bertz CT molecular complexity index is 698. The third-order valence-corrected chi connectivity index (χ3v) is 4.11. The lowest BCUT2D eigenvalue weighted by Gasteiger charge is -2.29. The molecule has 22 heavy (non-hydrogen) atoms. The second-order valence-corrected chi connectivity index (χ2v) is 5.54. The highest BCUT2D eigenvalue weighted by molar-refractivity contribution is 6.09. The molecule has 1 aromatic carbocycles. The van der Waals surface area contributed by atoms with Gasteiger partial charge in [-0.15, -0.1) is 0 Å². The van der Waals surface area contributed by atoms with E-state index >= 15 is 0 Å². The summed E-state index contributed by atoms with van der Waals surface area (Å²) in [7, 11) is 0. The molecule has 1 aromatic rings. The maximum Gasteiger partial charge on any atom is 0.308 e. The molecule has 5 heteroatoms. The van der Waals surface area contributed by atoms with E-state index in [2.05, 4.69) is 6.07 Å². The van der Waals surface area contributed by atoms with Crippen LogP contribution in [0.5, 0.6) is 0 Å². The largest absolute Gasteiger partial charge is 0.421 e. The highest BCUT2D eigenvalue weighted by Gasteiger charge is 2.42. The van der Waals surface area contributed by atoms with Crippen molar-refractivity contribution in [1.29, 1.82) is 5.26 Å². The Balaban J connectivity index is 1.97. The monoisotopic (exact) mass is 296 g/mol. The summed E-state index contributed by atoms with van der Waals surface area (Å²) in [6.45, 7) is 1.31. The number of carbonyl (C=O) groups is 2. The van der Waals surface area contributed by atoms with Crippen molar-refractivity contribution in [2.45, 2.75) is 38.6 Å². The van der Waals surface area contributed by atoms with Crippen molar-refractivity contribution in [3.63, 3.8) is 0 Å². The van der Waals surface area contributed by atoms with Gasteiger partial charge in [0.15, 0.2) is 5.76 Å². The molecule has 1 aliphatic heterocycles. The molecule has 0 aromatic heterocycles. The van der Waals surface area contributed by atoms with Gasteiger partial charge in [-0.25, -0.2) is 0 Å². The molecule has 0 N–H and O–H groups in total. The van der Waals surface area contributed by atoms with Crippen LogP contribution >= 0.6 is 0 Å². The molecule has 1 fully saturated rings. The summed E-state index contributed by atoms with van der Waals surface area (Å²) in [6.07, 6.45) is 3.70. The average Bonchev–Trinajstić information content (AvgIpc) is 2.80. The molecular formula is C17H16N2O3. The zero-order valence-corrected chi connectivity index (χ0v) is 12.3. The van der Waals surface area contributed by atoms with Gasteiger partial charge in [0.05, 0.1) is 17.7 Å². The van der Waals surface area contributed by atoms with Gasteiger partial charge in [0.25, 0.3) is 5.91 Å². The molecule has 5 nitrogen and oxygen atoms in total. The first-order chi connectivity index (χ1) is 10.6. The van der Waals surface area contributed by atoms with Gasteiger partial charge in [-0.1, -0.05) is 6.42 Å². The number of fused-ring (bicyclic) bond motifs is 1. The molecule has 1 amide bonds. The molecule has 1 unspecified atom stereocenters. The minimum Gasteiger partial charge on any atom is -0.421 e. The number of hydrogen-bond donors (Lipinski definition) is 0. The zero-order chi connectivity index (χ0) is 15.7. The molecule has 112 valence electrons. The average molecular weight is 296 g/mol. The van der Waals surface area contributed by atoms with Crippen molar-refractivity contribution in [3.05, 3.63) is 41.2 Å². The lowest BCUT2D eigenvalue weighted by molar-refractivity contribution is -0.140. The van der Waals surface area contributed by atoms with E-state index in [1.54, 1.807) is 29.2 Å². The Morgan fingerprint density at radius 1 is 1.32 bits per heavy atom. The first-order valence-corrected chi connectivity index (χ1v) is 7.37. The van der Waals surface area contributed by atoms with Gasteiger partial charge in [-0.2, -0.15) is 5.26 Å². The van der Waals surface area contributed by atoms with Crippen LogP contribution in [-0.4, -0.2) is 17.9 Å². The van der Waals surface area contributed by atoms with E-state index in [1.807, 2.05) is 0 Å². The molecule has 1 aliphatic carbocycles. The number of hydrogen-bond acceptors (Lipinski definition) is 4. The summed E-state index contributed by atoms with van der Waals surface area (Å²) in [5, 5.41) is 8.88. The fourth-order valence-electron chi connectivity index (χ4n) is 3.18. The zero-order valence-electron chi connectivity index (χ0n) is 12.3. The van der Waals surface area contributed by atoms with Crippen LogP contribution in [0.25, 0.3) is 0 Å². The third-order valence-electron chi connectivity index (χ3n) is 4.11. The quantitative estimate of drug-likeness (QED) is 0.787. The highest BCUT2D eigenvalue weighted by Crippen LogP contribution is 2.39. The van der Waals surface area contributed by atoms with Crippen LogP contribution in [0.2, 0.25) is 0 Å². The molecule has 0 bridgehead atoms. The second kappa shape index (κ2) is 5.64. The van der Waals surface area contributed by atoms with Crippen molar-refractivity contribution < 1.29 is 14.3 Å². The maximum absolute atomic E-state index is 12.7. The molecule has 2 aliphatic rings. The van der Waals surface area contributed by atoms with Crippen LogP contribution in [0, 0.1) is 11.3 Å². The Hall–Kier alpha value is -2.61.